The zero-order valence-electron chi connectivity index (χ0n) is 12.9. The van der Waals surface area contributed by atoms with E-state index in [1.165, 1.54) is 12.2 Å². The third-order valence-electron chi connectivity index (χ3n) is 3.12. The molecule has 1 saturated heterocycles. The zero-order valence-corrected chi connectivity index (χ0v) is 13.7. The molecule has 0 saturated carbocycles. The Morgan fingerprint density at radius 2 is 2.21 bits per heavy atom. The summed E-state index contributed by atoms with van der Waals surface area (Å²) in [6, 6.07) is 0.917. The molecule has 1 amide bonds. The molecule has 0 bridgehead atoms. The number of carbonyl (C=O) groups is 1. The van der Waals surface area contributed by atoms with Crippen molar-refractivity contribution < 1.29 is 9.53 Å². The molecule has 2 unspecified atom stereocenters. The summed E-state index contributed by atoms with van der Waals surface area (Å²) in [5.41, 5.74) is -0.408. The van der Waals surface area contributed by atoms with Crippen LogP contribution in [-0.4, -0.2) is 53.8 Å². The summed E-state index contributed by atoms with van der Waals surface area (Å²) in [6.07, 6.45) is 4.13. The largest absolute Gasteiger partial charge is 0.444 e. The fourth-order valence-electron chi connectivity index (χ4n) is 2.17. The van der Waals surface area contributed by atoms with E-state index in [-0.39, 0.29) is 6.09 Å². The number of thioether (sulfide) groups is 1. The first-order valence-corrected chi connectivity index (χ1v) is 8.44. The van der Waals surface area contributed by atoms with E-state index in [9.17, 15) is 4.79 Å². The lowest BCUT2D eigenvalue weighted by atomic mass is 10.2. The third kappa shape index (κ3) is 6.52. The quantitative estimate of drug-likeness (QED) is 0.844. The van der Waals surface area contributed by atoms with Crippen molar-refractivity contribution >= 4 is 17.9 Å². The normalized spacial score (nSPS) is 21.5. The summed E-state index contributed by atoms with van der Waals surface area (Å²) in [4.78, 5) is 13.7. The van der Waals surface area contributed by atoms with Crippen LogP contribution in [0, 0.1) is 0 Å². The van der Waals surface area contributed by atoms with Crippen LogP contribution in [0.2, 0.25) is 0 Å². The van der Waals surface area contributed by atoms with E-state index in [0.29, 0.717) is 12.1 Å². The van der Waals surface area contributed by atoms with Crippen LogP contribution in [0.4, 0.5) is 4.79 Å². The number of nitrogens with one attached hydrogen (secondary N) is 1. The van der Waals surface area contributed by atoms with Gasteiger partial charge in [0.2, 0.25) is 0 Å². The number of rotatable bonds is 5. The van der Waals surface area contributed by atoms with Gasteiger partial charge in [0.25, 0.3) is 0 Å². The standard InChI is InChI=1S/C14H28N2O2S/c1-11(7-9-19-5)15-12-6-8-16(10-12)13(17)18-14(2,3)4/h11-12,15H,6-10H2,1-5H3. The van der Waals surface area contributed by atoms with Gasteiger partial charge in [-0.15, -0.1) is 0 Å². The van der Waals surface area contributed by atoms with Crippen LogP contribution in [0.15, 0.2) is 0 Å². The van der Waals surface area contributed by atoms with Gasteiger partial charge < -0.3 is 15.0 Å². The maximum absolute atomic E-state index is 11.9. The topological polar surface area (TPSA) is 41.6 Å². The summed E-state index contributed by atoms with van der Waals surface area (Å²) in [7, 11) is 0. The van der Waals surface area contributed by atoms with Crippen molar-refractivity contribution in [2.24, 2.45) is 0 Å². The Hall–Kier alpha value is -0.420. The molecule has 1 heterocycles. The van der Waals surface area contributed by atoms with Crippen molar-refractivity contribution in [3.8, 4) is 0 Å². The van der Waals surface area contributed by atoms with Crippen LogP contribution < -0.4 is 5.32 Å². The van der Waals surface area contributed by atoms with Gasteiger partial charge in [-0.3, -0.25) is 0 Å². The summed E-state index contributed by atoms with van der Waals surface area (Å²) >= 11 is 1.88. The Labute approximate surface area is 121 Å². The van der Waals surface area contributed by atoms with E-state index < -0.39 is 5.60 Å². The lowest BCUT2D eigenvalue weighted by Crippen LogP contribution is -2.41. The van der Waals surface area contributed by atoms with Crippen molar-refractivity contribution in [3.05, 3.63) is 0 Å². The molecule has 1 rings (SSSR count). The SMILES string of the molecule is CSCCC(C)NC1CCN(C(=O)OC(C)(C)C)C1. The summed E-state index contributed by atoms with van der Waals surface area (Å²) in [5.74, 6) is 1.18. The highest BCUT2D eigenvalue weighted by atomic mass is 32.2. The molecular weight excluding hydrogens is 260 g/mol. The number of carbonyl (C=O) groups excluding carboxylic acids is 1. The van der Waals surface area contributed by atoms with Crippen molar-refractivity contribution in [3.63, 3.8) is 0 Å². The fraction of sp³-hybridized carbons (Fsp3) is 0.929. The second-order valence-corrected chi connectivity index (χ2v) is 7.25. The van der Waals surface area contributed by atoms with Crippen molar-refractivity contribution in [2.45, 2.75) is 58.2 Å². The molecule has 1 aliphatic heterocycles. The first kappa shape index (κ1) is 16.6. The van der Waals surface area contributed by atoms with Crippen LogP contribution in [0.3, 0.4) is 0 Å². The highest BCUT2D eigenvalue weighted by Crippen LogP contribution is 2.16. The predicted molar refractivity (Wildman–Crippen MR) is 81.8 cm³/mol. The number of hydrogen-bond acceptors (Lipinski definition) is 4. The maximum atomic E-state index is 11.9. The minimum absolute atomic E-state index is 0.187. The van der Waals surface area contributed by atoms with Crippen molar-refractivity contribution in [2.75, 3.05) is 25.1 Å². The molecule has 0 aromatic carbocycles. The lowest BCUT2D eigenvalue weighted by molar-refractivity contribution is 0.0290. The minimum atomic E-state index is -0.408. The van der Waals surface area contributed by atoms with E-state index in [4.69, 9.17) is 4.74 Å². The highest BCUT2D eigenvalue weighted by Gasteiger charge is 2.30. The number of hydrogen-bond donors (Lipinski definition) is 1. The molecule has 0 aromatic rings. The predicted octanol–water partition coefficient (Wildman–Crippen LogP) is 2.73. The van der Waals surface area contributed by atoms with Crippen LogP contribution in [0.5, 0.6) is 0 Å². The molecule has 0 spiro atoms. The monoisotopic (exact) mass is 288 g/mol. The number of ether oxygens (including phenoxy) is 1. The molecule has 2 atom stereocenters. The van der Waals surface area contributed by atoms with Gasteiger partial charge in [0.15, 0.2) is 0 Å². The van der Waals surface area contributed by atoms with Crippen LogP contribution in [0.1, 0.15) is 40.5 Å². The first-order valence-electron chi connectivity index (χ1n) is 7.04. The van der Waals surface area contributed by atoms with Gasteiger partial charge in [-0.1, -0.05) is 0 Å². The Kier molecular flexibility index (Phi) is 6.47. The first-order chi connectivity index (χ1) is 8.81. The lowest BCUT2D eigenvalue weighted by Gasteiger charge is -2.25. The van der Waals surface area contributed by atoms with Gasteiger partial charge in [-0.05, 0) is 52.5 Å². The van der Waals surface area contributed by atoms with Gasteiger partial charge >= 0.3 is 6.09 Å². The van der Waals surface area contributed by atoms with E-state index in [0.717, 1.165) is 19.5 Å². The molecule has 0 radical (unpaired) electrons. The fourth-order valence-corrected chi connectivity index (χ4v) is 2.76. The van der Waals surface area contributed by atoms with E-state index in [2.05, 4.69) is 18.5 Å². The van der Waals surface area contributed by atoms with Gasteiger partial charge in [0.1, 0.15) is 5.60 Å². The number of nitrogens with zero attached hydrogens (tertiary/aromatic N) is 1. The Morgan fingerprint density at radius 1 is 1.53 bits per heavy atom. The van der Waals surface area contributed by atoms with Gasteiger partial charge in [-0.25, -0.2) is 4.79 Å². The molecule has 112 valence electrons. The molecular formula is C14H28N2O2S. The van der Waals surface area contributed by atoms with E-state index in [1.807, 2.05) is 37.4 Å². The maximum Gasteiger partial charge on any atom is 0.410 e. The Morgan fingerprint density at radius 3 is 2.79 bits per heavy atom. The summed E-state index contributed by atoms with van der Waals surface area (Å²) in [5, 5.41) is 3.60. The minimum Gasteiger partial charge on any atom is -0.444 e. The Bertz CT molecular complexity index is 292. The molecule has 4 nitrogen and oxygen atoms in total. The summed E-state index contributed by atoms with van der Waals surface area (Å²) in [6.45, 7) is 9.48. The zero-order chi connectivity index (χ0) is 14.5. The molecule has 1 fully saturated rings. The van der Waals surface area contributed by atoms with Gasteiger partial charge in [0.05, 0.1) is 0 Å². The van der Waals surface area contributed by atoms with E-state index in [1.54, 1.807) is 0 Å². The second-order valence-electron chi connectivity index (χ2n) is 6.26. The van der Waals surface area contributed by atoms with Crippen LogP contribution >= 0.6 is 11.8 Å². The van der Waals surface area contributed by atoms with Gasteiger partial charge in [0, 0.05) is 25.2 Å². The smallest absolute Gasteiger partial charge is 0.410 e. The average molecular weight is 288 g/mol. The molecule has 1 aliphatic rings. The van der Waals surface area contributed by atoms with Crippen LogP contribution in [-0.2, 0) is 4.74 Å². The second kappa shape index (κ2) is 7.39. The average Bonchev–Trinajstić information content (AvgIpc) is 2.72. The highest BCUT2D eigenvalue weighted by molar-refractivity contribution is 7.98. The van der Waals surface area contributed by atoms with Crippen molar-refractivity contribution in [1.29, 1.82) is 0 Å². The molecule has 19 heavy (non-hydrogen) atoms. The molecule has 5 heteroatoms. The molecule has 1 N–H and O–H groups in total. The molecule has 0 aliphatic carbocycles. The van der Waals surface area contributed by atoms with Crippen molar-refractivity contribution in [1.82, 2.24) is 10.2 Å². The van der Waals surface area contributed by atoms with E-state index >= 15 is 0 Å². The third-order valence-corrected chi connectivity index (χ3v) is 3.76. The number of amides is 1. The van der Waals surface area contributed by atoms with Crippen LogP contribution in [0.25, 0.3) is 0 Å². The van der Waals surface area contributed by atoms with Gasteiger partial charge in [-0.2, -0.15) is 11.8 Å². The Balaban J connectivity index is 2.31. The molecule has 0 aromatic heterocycles. The summed E-state index contributed by atoms with van der Waals surface area (Å²) < 4.78 is 5.40. The number of likely N-dealkylation sites (tertiary alicyclic amines) is 1.